The fourth-order valence-electron chi connectivity index (χ4n) is 3.90. The minimum Gasteiger partial charge on any atom is -0.370 e. The molecule has 2 aliphatic rings. The lowest BCUT2D eigenvalue weighted by Crippen LogP contribution is -2.47. The topological polar surface area (TPSA) is 49.0 Å². The van der Waals surface area contributed by atoms with Crippen LogP contribution in [-0.2, 0) is 6.54 Å². The number of benzene rings is 1. The summed E-state index contributed by atoms with van der Waals surface area (Å²) in [5.74, 6) is 0.201. The van der Waals surface area contributed by atoms with Crippen LogP contribution in [0.1, 0.15) is 23.6 Å². The van der Waals surface area contributed by atoms with E-state index in [1.165, 1.54) is 12.1 Å². The van der Waals surface area contributed by atoms with E-state index < -0.39 is 5.82 Å². The zero-order valence-electron chi connectivity index (χ0n) is 12.6. The van der Waals surface area contributed by atoms with Gasteiger partial charge in [-0.2, -0.15) is 5.26 Å². The number of piperidine rings is 1. The summed E-state index contributed by atoms with van der Waals surface area (Å²) in [6, 6.07) is 12.1. The van der Waals surface area contributed by atoms with Gasteiger partial charge in [0.1, 0.15) is 11.9 Å². The molecule has 0 radical (unpaired) electrons. The molecule has 116 valence electrons. The van der Waals surface area contributed by atoms with Gasteiger partial charge in [-0.3, -0.25) is 4.79 Å². The second-order valence-electron chi connectivity index (χ2n) is 6.38. The fraction of sp³-hybridized carbons (Fsp3) is 0.333. The average molecular weight is 309 g/mol. The van der Waals surface area contributed by atoms with Crippen molar-refractivity contribution in [1.29, 1.82) is 5.26 Å². The number of hydrogen-bond donors (Lipinski definition) is 0. The summed E-state index contributed by atoms with van der Waals surface area (Å²) in [4.78, 5) is 14.2. The third-order valence-electron chi connectivity index (χ3n) is 4.92. The van der Waals surface area contributed by atoms with E-state index in [-0.39, 0.29) is 17.0 Å². The monoisotopic (exact) mass is 309 g/mol. The minimum absolute atomic E-state index is 0.0649. The van der Waals surface area contributed by atoms with Crippen LogP contribution in [0.25, 0.3) is 0 Å². The Morgan fingerprint density at radius 2 is 2.04 bits per heavy atom. The highest BCUT2D eigenvalue weighted by Gasteiger charge is 2.34. The van der Waals surface area contributed by atoms with Crippen molar-refractivity contribution < 1.29 is 4.39 Å². The van der Waals surface area contributed by atoms with Gasteiger partial charge in [0.25, 0.3) is 5.56 Å². The van der Waals surface area contributed by atoms with Gasteiger partial charge in [-0.1, -0.05) is 6.07 Å². The van der Waals surface area contributed by atoms with Gasteiger partial charge in [-0.25, -0.2) is 4.39 Å². The molecule has 0 N–H and O–H groups in total. The van der Waals surface area contributed by atoms with Crippen LogP contribution in [0.3, 0.4) is 0 Å². The molecule has 1 aromatic carbocycles. The molecule has 0 amide bonds. The van der Waals surface area contributed by atoms with E-state index in [4.69, 9.17) is 5.26 Å². The number of aromatic nitrogens is 1. The maximum atomic E-state index is 13.9. The van der Waals surface area contributed by atoms with Crippen molar-refractivity contribution >= 4 is 5.69 Å². The molecule has 3 heterocycles. The molecule has 0 unspecified atom stereocenters. The Labute approximate surface area is 133 Å². The Balaban J connectivity index is 1.67. The summed E-state index contributed by atoms with van der Waals surface area (Å²) < 4.78 is 15.8. The van der Waals surface area contributed by atoms with E-state index in [1.807, 2.05) is 22.8 Å². The molecule has 1 fully saturated rings. The molecular formula is C18H16FN3O. The highest BCUT2D eigenvalue weighted by molar-refractivity contribution is 5.51. The Morgan fingerprint density at radius 3 is 2.83 bits per heavy atom. The molecule has 4 nitrogen and oxygen atoms in total. The number of halogens is 1. The quantitative estimate of drug-likeness (QED) is 0.813. The molecule has 2 atom stereocenters. The van der Waals surface area contributed by atoms with Crippen LogP contribution in [0.4, 0.5) is 10.1 Å². The molecule has 2 aliphatic heterocycles. The van der Waals surface area contributed by atoms with Crippen molar-refractivity contribution in [2.24, 2.45) is 5.92 Å². The SMILES string of the molecule is N#Cc1ccc(N2C[C@@H]3C[C@H](C2)c2cccc(=O)n2C3)cc1F. The first-order valence-corrected chi connectivity index (χ1v) is 7.80. The molecule has 1 saturated heterocycles. The third-order valence-corrected chi connectivity index (χ3v) is 4.92. The molecule has 4 rings (SSSR count). The number of pyridine rings is 1. The van der Waals surface area contributed by atoms with Crippen LogP contribution < -0.4 is 10.5 Å². The highest BCUT2D eigenvalue weighted by Crippen LogP contribution is 2.37. The smallest absolute Gasteiger partial charge is 0.250 e. The van der Waals surface area contributed by atoms with E-state index >= 15 is 0 Å². The predicted octanol–water partition coefficient (Wildman–Crippen LogP) is 2.48. The summed E-state index contributed by atoms with van der Waals surface area (Å²) in [7, 11) is 0. The first-order chi connectivity index (χ1) is 11.2. The van der Waals surface area contributed by atoms with Crippen molar-refractivity contribution in [3.63, 3.8) is 0 Å². The van der Waals surface area contributed by atoms with Crippen molar-refractivity contribution in [2.45, 2.75) is 18.9 Å². The maximum Gasteiger partial charge on any atom is 0.250 e. The van der Waals surface area contributed by atoms with Crippen molar-refractivity contribution in [3.8, 4) is 6.07 Å². The van der Waals surface area contributed by atoms with E-state index in [2.05, 4.69) is 4.90 Å². The predicted molar refractivity (Wildman–Crippen MR) is 84.9 cm³/mol. The third kappa shape index (κ3) is 2.31. The second kappa shape index (κ2) is 5.24. The normalized spacial score (nSPS) is 22.3. The van der Waals surface area contributed by atoms with Gasteiger partial charge in [0, 0.05) is 43.0 Å². The Morgan fingerprint density at radius 1 is 1.17 bits per heavy atom. The first-order valence-electron chi connectivity index (χ1n) is 7.80. The number of rotatable bonds is 1. The van der Waals surface area contributed by atoms with Gasteiger partial charge in [-0.05, 0) is 36.6 Å². The van der Waals surface area contributed by atoms with Crippen molar-refractivity contribution in [1.82, 2.24) is 4.57 Å². The van der Waals surface area contributed by atoms with Gasteiger partial charge in [0.15, 0.2) is 0 Å². The molecule has 0 saturated carbocycles. The Hall–Kier alpha value is -2.61. The standard InChI is InChI=1S/C18H16FN3O/c19-16-7-15(5-4-13(16)8-20)21-9-12-6-14(11-21)17-2-1-3-18(23)22(17)10-12/h1-5,7,12,14H,6,9-11H2/t12-,14+/m0/s1. The summed E-state index contributed by atoms with van der Waals surface area (Å²) in [6.45, 7) is 2.30. The Bertz CT molecular complexity index is 867. The lowest BCUT2D eigenvalue weighted by molar-refractivity contribution is 0.281. The van der Waals surface area contributed by atoms with Gasteiger partial charge in [0.05, 0.1) is 5.56 Å². The molecule has 1 aromatic heterocycles. The fourth-order valence-corrected chi connectivity index (χ4v) is 3.90. The maximum absolute atomic E-state index is 13.9. The van der Waals surface area contributed by atoms with Crippen LogP contribution in [0, 0.1) is 23.1 Å². The summed E-state index contributed by atoms with van der Waals surface area (Å²) in [6.07, 6.45) is 1.07. The van der Waals surface area contributed by atoms with Crippen LogP contribution in [0.5, 0.6) is 0 Å². The minimum atomic E-state index is -0.475. The lowest BCUT2D eigenvalue weighted by Gasteiger charge is -2.43. The number of fused-ring (bicyclic) bond motifs is 4. The Kier molecular flexibility index (Phi) is 3.19. The van der Waals surface area contributed by atoms with Gasteiger partial charge in [-0.15, -0.1) is 0 Å². The summed E-state index contributed by atoms with van der Waals surface area (Å²) in [5, 5.41) is 8.85. The van der Waals surface area contributed by atoms with E-state index in [0.717, 1.165) is 37.4 Å². The molecule has 5 heteroatoms. The van der Waals surface area contributed by atoms with Gasteiger partial charge < -0.3 is 9.47 Å². The highest BCUT2D eigenvalue weighted by atomic mass is 19.1. The number of hydrogen-bond acceptors (Lipinski definition) is 3. The molecule has 2 bridgehead atoms. The summed E-state index contributed by atoms with van der Waals surface area (Å²) in [5.41, 5.74) is 2.02. The number of anilines is 1. The van der Waals surface area contributed by atoms with Crippen molar-refractivity contribution in [3.05, 3.63) is 63.8 Å². The second-order valence-corrected chi connectivity index (χ2v) is 6.38. The van der Waals surface area contributed by atoms with E-state index in [1.54, 1.807) is 12.1 Å². The molecule has 0 aliphatic carbocycles. The van der Waals surface area contributed by atoms with Crippen LogP contribution in [-0.4, -0.2) is 17.7 Å². The molecular weight excluding hydrogens is 293 g/mol. The summed E-state index contributed by atoms with van der Waals surface area (Å²) >= 11 is 0. The number of nitriles is 1. The zero-order valence-corrected chi connectivity index (χ0v) is 12.6. The van der Waals surface area contributed by atoms with Gasteiger partial charge >= 0.3 is 0 Å². The van der Waals surface area contributed by atoms with E-state index in [9.17, 15) is 9.18 Å². The lowest BCUT2D eigenvalue weighted by atomic mass is 9.83. The molecule has 0 spiro atoms. The van der Waals surface area contributed by atoms with Crippen molar-refractivity contribution in [2.75, 3.05) is 18.0 Å². The largest absolute Gasteiger partial charge is 0.370 e. The van der Waals surface area contributed by atoms with Crippen LogP contribution >= 0.6 is 0 Å². The van der Waals surface area contributed by atoms with Gasteiger partial charge in [0.2, 0.25) is 0 Å². The molecule has 2 aromatic rings. The number of nitrogens with zero attached hydrogens (tertiary/aromatic N) is 3. The van der Waals surface area contributed by atoms with Crippen LogP contribution in [0.2, 0.25) is 0 Å². The van der Waals surface area contributed by atoms with E-state index in [0.29, 0.717) is 5.92 Å². The molecule has 23 heavy (non-hydrogen) atoms. The average Bonchev–Trinajstić information content (AvgIpc) is 2.55. The van der Waals surface area contributed by atoms with Crippen LogP contribution in [0.15, 0.2) is 41.2 Å². The first kappa shape index (κ1) is 14.0. The zero-order chi connectivity index (χ0) is 16.0.